The van der Waals surface area contributed by atoms with Crippen LogP contribution in [0, 0.1) is 0 Å². The fourth-order valence-corrected chi connectivity index (χ4v) is 2.46. The minimum absolute atomic E-state index is 0.865. The van der Waals surface area contributed by atoms with Gasteiger partial charge in [-0.3, -0.25) is 4.90 Å². The second kappa shape index (κ2) is 3.53. The molecule has 0 aromatic heterocycles. The third-order valence-electron chi connectivity index (χ3n) is 2.62. The molecule has 0 saturated carbocycles. The van der Waals surface area contributed by atoms with Crippen molar-refractivity contribution >= 4 is 10.2 Å². The molecule has 1 fully saturated rings. The lowest BCUT2D eigenvalue weighted by Gasteiger charge is -2.24. The van der Waals surface area contributed by atoms with Gasteiger partial charge >= 0.3 is 0 Å². The zero-order valence-corrected chi connectivity index (χ0v) is 9.43. The van der Waals surface area contributed by atoms with Gasteiger partial charge in [-0.1, -0.05) is 6.04 Å². The highest BCUT2D eigenvalue weighted by atomic mass is 28.1. The van der Waals surface area contributed by atoms with E-state index >= 15 is 0 Å². The van der Waals surface area contributed by atoms with E-state index in [1.54, 1.807) is 0 Å². The van der Waals surface area contributed by atoms with Crippen LogP contribution in [-0.2, 0) is 0 Å². The van der Waals surface area contributed by atoms with E-state index in [4.69, 9.17) is 0 Å². The van der Waals surface area contributed by atoms with Crippen molar-refractivity contribution in [3.8, 4) is 0 Å². The van der Waals surface area contributed by atoms with Gasteiger partial charge in [0.25, 0.3) is 0 Å². The molecular weight excluding hydrogens is 138 g/mol. The van der Waals surface area contributed by atoms with E-state index in [9.17, 15) is 0 Å². The summed E-state index contributed by atoms with van der Waals surface area (Å²) in [5.41, 5.74) is 0. The topological polar surface area (TPSA) is 3.24 Å². The van der Waals surface area contributed by atoms with E-state index in [0.717, 1.165) is 12.1 Å². The molecule has 0 radical (unpaired) electrons. The van der Waals surface area contributed by atoms with Crippen LogP contribution in [0.4, 0.5) is 0 Å². The number of likely N-dealkylation sites (tertiary alicyclic amines) is 1. The maximum absolute atomic E-state index is 2.66. The fourth-order valence-electron chi connectivity index (χ4n) is 1.95. The lowest BCUT2D eigenvalue weighted by molar-refractivity contribution is 0.226. The third kappa shape index (κ3) is 1.61. The van der Waals surface area contributed by atoms with Crippen LogP contribution >= 0.6 is 0 Å². The smallest absolute Gasteiger partial charge is 0.00701 e. The highest BCUT2D eigenvalue weighted by Crippen LogP contribution is 2.22. The first-order valence-electron chi connectivity index (χ1n) is 4.51. The van der Waals surface area contributed by atoms with Gasteiger partial charge in [0, 0.05) is 22.3 Å². The zero-order valence-electron chi connectivity index (χ0n) is 7.43. The van der Waals surface area contributed by atoms with Gasteiger partial charge in [0.2, 0.25) is 0 Å². The van der Waals surface area contributed by atoms with E-state index in [1.807, 2.05) is 0 Å². The molecule has 0 amide bonds. The van der Waals surface area contributed by atoms with Crippen LogP contribution < -0.4 is 0 Å². The van der Waals surface area contributed by atoms with Gasteiger partial charge in [-0.25, -0.2) is 0 Å². The largest absolute Gasteiger partial charge is 0.298 e. The standard InChI is InChI=1S/C8H19NSi/c1-7-3-4-8(2)9(7)5-6-10/h7-8H,3-6H2,1-2,10H3. The summed E-state index contributed by atoms with van der Waals surface area (Å²) in [6, 6.07) is 3.17. The average molecular weight is 157 g/mol. The molecule has 10 heavy (non-hydrogen) atoms. The van der Waals surface area contributed by atoms with E-state index < -0.39 is 0 Å². The quantitative estimate of drug-likeness (QED) is 0.532. The molecule has 0 N–H and O–H groups in total. The molecule has 0 aromatic carbocycles. The third-order valence-corrected chi connectivity index (χ3v) is 3.06. The zero-order chi connectivity index (χ0) is 7.56. The molecule has 0 aliphatic carbocycles. The molecular formula is C8H19NSi. The number of hydrogen-bond acceptors (Lipinski definition) is 1. The Bertz CT molecular complexity index is 95.4. The fraction of sp³-hybridized carbons (Fsp3) is 1.00. The van der Waals surface area contributed by atoms with Gasteiger partial charge in [-0.05, 0) is 33.2 Å². The summed E-state index contributed by atoms with van der Waals surface area (Å²) in [5, 5.41) is 0. The minimum atomic E-state index is 0.865. The van der Waals surface area contributed by atoms with Gasteiger partial charge < -0.3 is 0 Å². The molecule has 1 heterocycles. The summed E-state index contributed by atoms with van der Waals surface area (Å²) in [7, 11) is 1.36. The van der Waals surface area contributed by atoms with Crippen LogP contribution in [-0.4, -0.2) is 33.8 Å². The highest BCUT2D eigenvalue weighted by molar-refractivity contribution is 6.08. The molecule has 1 aliphatic rings. The lowest BCUT2D eigenvalue weighted by atomic mass is 10.2. The number of rotatable bonds is 2. The summed E-state index contributed by atoms with van der Waals surface area (Å²) in [5.74, 6) is 0. The van der Waals surface area contributed by atoms with Gasteiger partial charge in [-0.15, -0.1) is 0 Å². The summed E-state index contributed by atoms with van der Waals surface area (Å²) >= 11 is 0. The summed E-state index contributed by atoms with van der Waals surface area (Å²) in [6.07, 6.45) is 2.84. The van der Waals surface area contributed by atoms with Crippen molar-refractivity contribution < 1.29 is 0 Å². The van der Waals surface area contributed by atoms with Gasteiger partial charge in [0.15, 0.2) is 0 Å². The summed E-state index contributed by atoms with van der Waals surface area (Å²) in [4.78, 5) is 2.66. The van der Waals surface area contributed by atoms with Crippen molar-refractivity contribution in [1.29, 1.82) is 0 Å². The molecule has 60 valence electrons. The average Bonchev–Trinajstić information content (AvgIpc) is 2.20. The molecule has 2 atom stereocenters. The minimum Gasteiger partial charge on any atom is -0.298 e. The van der Waals surface area contributed by atoms with E-state index in [2.05, 4.69) is 18.7 Å². The van der Waals surface area contributed by atoms with Crippen molar-refractivity contribution in [2.24, 2.45) is 0 Å². The monoisotopic (exact) mass is 157 g/mol. The molecule has 0 spiro atoms. The van der Waals surface area contributed by atoms with Crippen LogP contribution in [0.25, 0.3) is 0 Å². The predicted molar refractivity (Wildman–Crippen MR) is 49.6 cm³/mol. The predicted octanol–water partition coefficient (Wildman–Crippen LogP) is 0.643. The highest BCUT2D eigenvalue weighted by Gasteiger charge is 2.25. The molecule has 0 bridgehead atoms. The Balaban J connectivity index is 2.38. The summed E-state index contributed by atoms with van der Waals surface area (Å²) in [6.45, 7) is 6.08. The van der Waals surface area contributed by atoms with Crippen LogP contribution in [0.3, 0.4) is 0 Å². The first kappa shape index (κ1) is 8.28. The molecule has 2 unspecified atom stereocenters. The lowest BCUT2D eigenvalue weighted by Crippen LogP contribution is -2.33. The van der Waals surface area contributed by atoms with Crippen LogP contribution in [0.2, 0.25) is 6.04 Å². The molecule has 1 rings (SSSR count). The molecule has 1 saturated heterocycles. The normalized spacial score (nSPS) is 35.4. The molecule has 0 aromatic rings. The first-order valence-corrected chi connectivity index (χ1v) is 5.93. The van der Waals surface area contributed by atoms with Gasteiger partial charge in [0.05, 0.1) is 0 Å². The Morgan fingerprint density at radius 3 is 2.20 bits per heavy atom. The van der Waals surface area contributed by atoms with Crippen molar-refractivity contribution in [3.63, 3.8) is 0 Å². The Labute approximate surface area is 67.2 Å². The van der Waals surface area contributed by atoms with E-state index in [-0.39, 0.29) is 0 Å². The Morgan fingerprint density at radius 1 is 1.30 bits per heavy atom. The molecule has 2 heteroatoms. The summed E-state index contributed by atoms with van der Waals surface area (Å²) < 4.78 is 0. The Morgan fingerprint density at radius 2 is 1.80 bits per heavy atom. The van der Waals surface area contributed by atoms with Crippen LogP contribution in [0.1, 0.15) is 26.7 Å². The van der Waals surface area contributed by atoms with E-state index in [1.165, 1.54) is 35.7 Å². The van der Waals surface area contributed by atoms with Crippen molar-refractivity contribution in [2.75, 3.05) is 6.54 Å². The van der Waals surface area contributed by atoms with Gasteiger partial charge in [-0.2, -0.15) is 0 Å². The number of nitrogens with zero attached hydrogens (tertiary/aromatic N) is 1. The molecule has 1 aliphatic heterocycles. The van der Waals surface area contributed by atoms with Crippen molar-refractivity contribution in [2.45, 2.75) is 44.8 Å². The second-order valence-corrected chi connectivity index (χ2v) is 4.51. The Hall–Kier alpha value is 0.177. The van der Waals surface area contributed by atoms with E-state index in [0.29, 0.717) is 0 Å². The Kier molecular flexibility index (Phi) is 2.92. The maximum atomic E-state index is 2.66. The number of hydrogen-bond donors (Lipinski definition) is 0. The van der Waals surface area contributed by atoms with Crippen molar-refractivity contribution in [3.05, 3.63) is 0 Å². The second-order valence-electron chi connectivity index (χ2n) is 3.51. The molecule has 1 nitrogen and oxygen atoms in total. The van der Waals surface area contributed by atoms with Crippen molar-refractivity contribution in [1.82, 2.24) is 4.90 Å². The van der Waals surface area contributed by atoms with Gasteiger partial charge in [0.1, 0.15) is 0 Å². The first-order chi connectivity index (χ1) is 4.75. The SMILES string of the molecule is CC1CCC(C)N1CC[SiH3]. The maximum Gasteiger partial charge on any atom is 0.00701 e. The van der Waals surface area contributed by atoms with Crippen LogP contribution in [0.5, 0.6) is 0 Å². The van der Waals surface area contributed by atoms with Crippen LogP contribution in [0.15, 0.2) is 0 Å².